The Morgan fingerprint density at radius 1 is 1.32 bits per heavy atom. The summed E-state index contributed by atoms with van der Waals surface area (Å²) in [5, 5.41) is 12.6. The number of methoxy groups -OCH3 is 1. The first-order valence-electron chi connectivity index (χ1n) is 8.71. The van der Waals surface area contributed by atoms with Gasteiger partial charge in [0.05, 0.1) is 25.9 Å². The second-order valence-electron chi connectivity index (χ2n) is 6.18. The van der Waals surface area contributed by atoms with Gasteiger partial charge in [0.15, 0.2) is 0 Å². The minimum absolute atomic E-state index is 0.169. The Kier molecular flexibility index (Phi) is 6.38. The third-order valence-electron chi connectivity index (χ3n) is 4.33. The molecule has 0 spiro atoms. The second-order valence-corrected chi connectivity index (χ2v) is 6.62. The van der Waals surface area contributed by atoms with Crippen LogP contribution in [0.4, 0.5) is 4.79 Å². The molecule has 0 fully saturated rings. The quantitative estimate of drug-likeness (QED) is 0.685. The van der Waals surface area contributed by atoms with Crippen LogP contribution in [0.15, 0.2) is 36.4 Å². The number of alkyl carbamates (subject to hydrolysis) is 1. The summed E-state index contributed by atoms with van der Waals surface area (Å²) in [5.41, 5.74) is 2.37. The Hall–Kier alpha value is -2.77. The van der Waals surface area contributed by atoms with E-state index in [2.05, 4.69) is 10.1 Å². The van der Waals surface area contributed by atoms with Gasteiger partial charge in [0.2, 0.25) is 0 Å². The maximum atomic E-state index is 11.6. The lowest BCUT2D eigenvalue weighted by Crippen LogP contribution is -2.27. The van der Waals surface area contributed by atoms with E-state index < -0.39 is 18.2 Å². The number of fused-ring (bicyclic) bond motifs is 1. The molecule has 0 aliphatic carbocycles. The third-order valence-corrected chi connectivity index (χ3v) is 4.57. The molecule has 1 unspecified atom stereocenters. The van der Waals surface area contributed by atoms with Crippen LogP contribution in [0.3, 0.4) is 0 Å². The number of carboxylic acid groups (broad SMARTS) is 1. The summed E-state index contributed by atoms with van der Waals surface area (Å²) in [4.78, 5) is 22.8. The summed E-state index contributed by atoms with van der Waals surface area (Å²) in [5.74, 6) is -0.385. The van der Waals surface area contributed by atoms with Gasteiger partial charge >= 0.3 is 12.1 Å². The predicted molar refractivity (Wildman–Crippen MR) is 102 cm³/mol. The molecule has 7 nitrogen and oxygen atoms in total. The first-order chi connectivity index (χ1) is 13.5. The fourth-order valence-electron chi connectivity index (χ4n) is 3.09. The number of amides is 1. The lowest BCUT2D eigenvalue weighted by atomic mass is 9.95. The Balaban J connectivity index is 1.95. The van der Waals surface area contributed by atoms with Crippen LogP contribution in [-0.2, 0) is 15.9 Å². The van der Waals surface area contributed by atoms with Gasteiger partial charge in [-0.3, -0.25) is 0 Å². The molecule has 1 atom stereocenters. The Bertz CT molecular complexity index is 885. The van der Waals surface area contributed by atoms with E-state index in [4.69, 9.17) is 21.1 Å². The zero-order chi connectivity index (χ0) is 20.1. The topological polar surface area (TPSA) is 94.1 Å². The summed E-state index contributed by atoms with van der Waals surface area (Å²) in [6.45, 7) is 0.890. The van der Waals surface area contributed by atoms with Crippen molar-refractivity contribution in [2.75, 3.05) is 26.9 Å². The molecule has 28 heavy (non-hydrogen) atoms. The van der Waals surface area contributed by atoms with Crippen molar-refractivity contribution in [2.45, 2.75) is 12.5 Å². The van der Waals surface area contributed by atoms with Crippen molar-refractivity contribution in [1.82, 2.24) is 5.32 Å². The molecule has 3 rings (SSSR count). The summed E-state index contributed by atoms with van der Waals surface area (Å²) in [6.07, 6.45) is -0.528. The second kappa shape index (κ2) is 8.95. The summed E-state index contributed by atoms with van der Waals surface area (Å²) in [6, 6.07) is 10.3. The van der Waals surface area contributed by atoms with E-state index in [9.17, 15) is 14.7 Å². The fraction of sp³-hybridized carbons (Fsp3) is 0.300. The number of carbonyl (C=O) groups excluding carboxylic acids is 1. The van der Waals surface area contributed by atoms with Gasteiger partial charge in [-0.2, -0.15) is 0 Å². The Morgan fingerprint density at radius 2 is 2.14 bits per heavy atom. The van der Waals surface area contributed by atoms with Gasteiger partial charge in [-0.05, 0) is 35.4 Å². The number of benzene rings is 2. The first-order valence-corrected chi connectivity index (χ1v) is 9.09. The number of halogens is 1. The number of carboxylic acids is 1. The first kappa shape index (κ1) is 20.0. The van der Waals surface area contributed by atoms with Gasteiger partial charge in [0.1, 0.15) is 11.9 Å². The van der Waals surface area contributed by atoms with E-state index in [1.807, 2.05) is 6.07 Å². The Labute approximate surface area is 167 Å². The van der Waals surface area contributed by atoms with E-state index in [1.165, 1.54) is 7.11 Å². The van der Waals surface area contributed by atoms with Gasteiger partial charge in [0.25, 0.3) is 0 Å². The number of hydrogen-bond donors (Lipinski definition) is 2. The molecule has 0 bridgehead atoms. The third kappa shape index (κ3) is 4.55. The molecule has 1 amide bonds. The smallest absolute Gasteiger partial charge is 0.406 e. The molecule has 0 aromatic heterocycles. The van der Waals surface area contributed by atoms with E-state index in [1.54, 1.807) is 30.3 Å². The molecular weight excluding hydrogens is 386 g/mol. The molecule has 1 aliphatic rings. The van der Waals surface area contributed by atoms with Crippen molar-refractivity contribution < 1.29 is 28.9 Å². The zero-order valence-electron chi connectivity index (χ0n) is 15.2. The largest absolute Gasteiger partial charge is 0.493 e. The van der Waals surface area contributed by atoms with Crippen LogP contribution in [0.2, 0.25) is 5.02 Å². The molecule has 8 heteroatoms. The van der Waals surface area contributed by atoms with Crippen molar-refractivity contribution in [1.29, 1.82) is 0 Å². The highest BCUT2D eigenvalue weighted by Crippen LogP contribution is 2.39. The van der Waals surface area contributed by atoms with E-state index in [0.29, 0.717) is 29.4 Å². The van der Waals surface area contributed by atoms with Crippen molar-refractivity contribution in [3.05, 3.63) is 63.7 Å². The van der Waals surface area contributed by atoms with Gasteiger partial charge in [-0.1, -0.05) is 23.7 Å². The highest BCUT2D eigenvalue weighted by molar-refractivity contribution is 6.30. The van der Waals surface area contributed by atoms with E-state index in [-0.39, 0.29) is 18.7 Å². The molecule has 2 aromatic carbocycles. The van der Waals surface area contributed by atoms with Gasteiger partial charge < -0.3 is 24.6 Å². The minimum atomic E-state index is -1.02. The number of hydrogen-bond acceptors (Lipinski definition) is 5. The van der Waals surface area contributed by atoms with Crippen molar-refractivity contribution in [3.63, 3.8) is 0 Å². The van der Waals surface area contributed by atoms with Gasteiger partial charge in [-0.25, -0.2) is 9.59 Å². The summed E-state index contributed by atoms with van der Waals surface area (Å²) >= 11 is 6.14. The molecule has 2 aromatic rings. The summed E-state index contributed by atoms with van der Waals surface area (Å²) in [7, 11) is 1.28. The predicted octanol–water partition coefficient (Wildman–Crippen LogP) is 3.44. The normalized spacial score (nSPS) is 13.4. The van der Waals surface area contributed by atoms with Crippen LogP contribution in [-0.4, -0.2) is 44.0 Å². The average molecular weight is 406 g/mol. The molecule has 0 saturated carbocycles. The zero-order valence-corrected chi connectivity index (χ0v) is 16.0. The maximum Gasteiger partial charge on any atom is 0.406 e. The summed E-state index contributed by atoms with van der Waals surface area (Å²) < 4.78 is 16.3. The van der Waals surface area contributed by atoms with Crippen molar-refractivity contribution in [3.8, 4) is 5.75 Å². The van der Waals surface area contributed by atoms with Crippen LogP contribution in [0.25, 0.3) is 0 Å². The molecule has 2 N–H and O–H groups in total. The SMILES string of the molecule is COC(=O)NCCOC(c1cccc(Cl)c1)c1cc(C(=O)O)cc2c1OCC2. The molecule has 0 saturated heterocycles. The number of rotatable bonds is 7. The fourth-order valence-corrected chi connectivity index (χ4v) is 3.29. The van der Waals surface area contributed by atoms with Crippen LogP contribution < -0.4 is 10.1 Å². The number of ether oxygens (including phenoxy) is 3. The molecule has 1 aliphatic heterocycles. The molecule has 0 radical (unpaired) electrons. The number of nitrogens with one attached hydrogen (secondary N) is 1. The van der Waals surface area contributed by atoms with Crippen molar-refractivity contribution in [2.24, 2.45) is 0 Å². The van der Waals surface area contributed by atoms with E-state index in [0.717, 1.165) is 11.1 Å². The monoisotopic (exact) mass is 405 g/mol. The van der Waals surface area contributed by atoms with Gasteiger partial charge in [0, 0.05) is 23.6 Å². The lowest BCUT2D eigenvalue weighted by molar-refractivity contribution is 0.0692. The Morgan fingerprint density at radius 3 is 2.86 bits per heavy atom. The maximum absolute atomic E-state index is 11.6. The van der Waals surface area contributed by atoms with Crippen LogP contribution in [0, 0.1) is 0 Å². The molecule has 148 valence electrons. The average Bonchev–Trinajstić information content (AvgIpc) is 3.16. The highest BCUT2D eigenvalue weighted by Gasteiger charge is 2.27. The number of aromatic carboxylic acids is 1. The minimum Gasteiger partial charge on any atom is -0.493 e. The molecular formula is C20H20ClNO6. The van der Waals surface area contributed by atoms with Crippen LogP contribution in [0.5, 0.6) is 5.75 Å². The lowest BCUT2D eigenvalue weighted by Gasteiger charge is -2.22. The van der Waals surface area contributed by atoms with Crippen molar-refractivity contribution >= 4 is 23.7 Å². The highest BCUT2D eigenvalue weighted by atomic mass is 35.5. The standard InChI is InChI=1S/C20H20ClNO6/c1-26-20(25)22-6-8-28-17(12-3-2-4-15(21)10-12)16-11-14(19(23)24)9-13-5-7-27-18(13)16/h2-4,9-11,17H,5-8H2,1H3,(H,22,25)(H,23,24). The van der Waals surface area contributed by atoms with E-state index >= 15 is 0 Å². The van der Waals surface area contributed by atoms with Crippen LogP contribution in [0.1, 0.15) is 33.2 Å². The van der Waals surface area contributed by atoms with Gasteiger partial charge in [-0.15, -0.1) is 0 Å². The molecule has 1 heterocycles. The van der Waals surface area contributed by atoms with Crippen LogP contribution >= 0.6 is 11.6 Å². The number of carbonyl (C=O) groups is 2.